The molecule has 1 aliphatic rings. The molecule has 0 bridgehead atoms. The van der Waals surface area contributed by atoms with Crippen molar-refractivity contribution < 1.29 is 18.3 Å². The number of aromatic nitrogens is 1. The number of pyridine rings is 1. The minimum Gasteiger partial charge on any atom is -0.477 e. The highest BCUT2D eigenvalue weighted by atomic mass is 35.5. The molecule has 0 unspecified atom stereocenters. The lowest BCUT2D eigenvalue weighted by Gasteiger charge is -2.39. The van der Waals surface area contributed by atoms with E-state index in [9.17, 15) is 13.6 Å². The van der Waals surface area contributed by atoms with Crippen molar-refractivity contribution in [2.45, 2.75) is 12.3 Å². The highest BCUT2D eigenvalue weighted by molar-refractivity contribution is 6.30. The molecule has 1 fully saturated rings. The predicted octanol–water partition coefficient (Wildman–Crippen LogP) is 6.88. The average Bonchev–Trinajstić information content (AvgIpc) is 2.98. The molecule has 0 N–H and O–H groups in total. The van der Waals surface area contributed by atoms with Gasteiger partial charge < -0.3 is 9.64 Å². The molecule has 4 aromatic rings. The average molecular weight is 544 g/mol. The molecule has 5 nitrogen and oxygen atoms in total. The molecule has 2 heterocycles. The minimum absolute atomic E-state index is 0.0462. The van der Waals surface area contributed by atoms with Crippen molar-refractivity contribution in [3.63, 3.8) is 0 Å². The van der Waals surface area contributed by atoms with Gasteiger partial charge in [0.25, 0.3) is 5.91 Å². The zero-order chi connectivity index (χ0) is 27.4. The van der Waals surface area contributed by atoms with Crippen LogP contribution in [0.4, 0.5) is 8.78 Å². The Morgan fingerprint density at radius 3 is 2.36 bits per heavy atom. The molecule has 39 heavy (non-hydrogen) atoms. The van der Waals surface area contributed by atoms with Gasteiger partial charge in [0, 0.05) is 42.8 Å². The Labute approximate surface area is 230 Å². The molecule has 8 heteroatoms. The molecule has 2 atom stereocenters. The van der Waals surface area contributed by atoms with Crippen molar-refractivity contribution in [1.82, 2.24) is 9.88 Å². The van der Waals surface area contributed by atoms with Crippen molar-refractivity contribution in [2.75, 3.05) is 19.7 Å². The van der Waals surface area contributed by atoms with Crippen molar-refractivity contribution in [1.29, 1.82) is 5.26 Å². The molecular weight excluding hydrogens is 520 g/mol. The lowest BCUT2D eigenvalue weighted by molar-refractivity contribution is 0.0614. The van der Waals surface area contributed by atoms with Gasteiger partial charge in [0.1, 0.15) is 0 Å². The van der Waals surface area contributed by atoms with Gasteiger partial charge in [-0.05, 0) is 65.6 Å². The van der Waals surface area contributed by atoms with Gasteiger partial charge in [-0.1, -0.05) is 41.9 Å². The van der Waals surface area contributed by atoms with E-state index >= 15 is 0 Å². The van der Waals surface area contributed by atoms with Gasteiger partial charge in [-0.2, -0.15) is 5.26 Å². The Morgan fingerprint density at radius 2 is 1.72 bits per heavy atom. The van der Waals surface area contributed by atoms with E-state index in [1.807, 2.05) is 24.3 Å². The van der Waals surface area contributed by atoms with Gasteiger partial charge >= 0.3 is 0 Å². The van der Waals surface area contributed by atoms with E-state index in [0.717, 1.165) is 17.2 Å². The van der Waals surface area contributed by atoms with Gasteiger partial charge in [-0.15, -0.1) is 0 Å². The first-order valence-corrected chi connectivity index (χ1v) is 12.9. The summed E-state index contributed by atoms with van der Waals surface area (Å²) in [5.74, 6) is -1.86. The monoisotopic (exact) mass is 543 g/mol. The Hall–Kier alpha value is -4.28. The smallest absolute Gasteiger partial charge is 0.253 e. The van der Waals surface area contributed by atoms with Crippen LogP contribution in [-0.4, -0.2) is 35.5 Å². The van der Waals surface area contributed by atoms with Gasteiger partial charge in [0.15, 0.2) is 11.6 Å². The second kappa shape index (κ2) is 11.6. The highest BCUT2D eigenvalue weighted by Gasteiger charge is 2.34. The van der Waals surface area contributed by atoms with E-state index in [4.69, 9.17) is 21.6 Å². The third-order valence-electron chi connectivity index (χ3n) is 7.04. The molecule has 1 aromatic heterocycles. The third-order valence-corrected chi connectivity index (χ3v) is 7.26. The van der Waals surface area contributed by atoms with E-state index in [0.29, 0.717) is 53.7 Å². The molecule has 3 aromatic carbocycles. The fraction of sp³-hybridized carbons (Fsp3) is 0.194. The quantitative estimate of drug-likeness (QED) is 0.266. The summed E-state index contributed by atoms with van der Waals surface area (Å²) in [4.78, 5) is 19.4. The van der Waals surface area contributed by atoms with E-state index in [-0.39, 0.29) is 17.7 Å². The fourth-order valence-electron chi connectivity index (χ4n) is 4.87. The van der Waals surface area contributed by atoms with Crippen LogP contribution in [0.1, 0.15) is 33.8 Å². The van der Waals surface area contributed by atoms with Crippen LogP contribution < -0.4 is 4.74 Å². The van der Waals surface area contributed by atoms with Crippen molar-refractivity contribution in [3.8, 4) is 23.1 Å². The van der Waals surface area contributed by atoms with E-state index in [1.165, 1.54) is 12.3 Å². The van der Waals surface area contributed by atoms with Crippen LogP contribution in [-0.2, 0) is 0 Å². The molecule has 1 saturated heterocycles. The molecule has 1 amide bonds. The van der Waals surface area contributed by atoms with Gasteiger partial charge in [0.05, 0.1) is 23.3 Å². The number of halogens is 3. The third kappa shape index (κ3) is 6.08. The number of nitriles is 1. The molecule has 5 rings (SSSR count). The lowest BCUT2D eigenvalue weighted by atomic mass is 9.81. The molecular formula is C31H24ClF2N3O2. The van der Waals surface area contributed by atoms with Crippen molar-refractivity contribution in [2.24, 2.45) is 5.92 Å². The maximum Gasteiger partial charge on any atom is 0.253 e. The summed E-state index contributed by atoms with van der Waals surface area (Å²) in [5, 5.41) is 9.50. The number of carbonyl (C=O) groups is 1. The number of amides is 1. The normalized spacial score (nSPS) is 16.9. The van der Waals surface area contributed by atoms with Crippen LogP contribution in [0.2, 0.25) is 5.02 Å². The molecule has 1 aliphatic heterocycles. The van der Waals surface area contributed by atoms with Crippen LogP contribution in [0.15, 0.2) is 85.1 Å². The number of nitrogens with zero attached hydrogens (tertiary/aromatic N) is 3. The van der Waals surface area contributed by atoms with Crippen molar-refractivity contribution >= 4 is 17.5 Å². The number of ether oxygens (including phenoxy) is 1. The largest absolute Gasteiger partial charge is 0.477 e. The number of benzene rings is 3. The second-order valence-corrected chi connectivity index (χ2v) is 9.91. The SMILES string of the molecule is N#Cc1ccc(-c2ccc(C(=O)N3CC[C@H](COc4ccc(Cl)cn4)[C@@H](c4ccc(F)c(F)c4)C3)cc2)cc1. The first-order chi connectivity index (χ1) is 18.9. The summed E-state index contributed by atoms with van der Waals surface area (Å²) in [5.41, 5.74) is 3.61. The Kier molecular flexibility index (Phi) is 7.85. The van der Waals surface area contributed by atoms with Crippen LogP contribution in [0.5, 0.6) is 5.88 Å². The number of rotatable bonds is 6. The summed E-state index contributed by atoms with van der Waals surface area (Å²) in [6.07, 6.45) is 2.12. The molecule has 0 spiro atoms. The standard InChI is InChI=1S/C31H24ClF2N3O2/c32-26-10-12-30(36-17-26)39-19-25-13-14-37(18-27(25)24-9-11-28(33)29(34)15-24)31(38)23-7-5-22(6-8-23)21-3-1-20(16-35)2-4-21/h1-12,15,17,25,27H,13-14,18-19H2/t25-,27-/m1/s1. The first-order valence-electron chi connectivity index (χ1n) is 12.5. The molecule has 196 valence electrons. The number of hydrogen-bond donors (Lipinski definition) is 0. The lowest BCUT2D eigenvalue weighted by Crippen LogP contribution is -2.44. The van der Waals surface area contributed by atoms with Crippen molar-refractivity contribution in [3.05, 3.63) is 118 Å². The first kappa shape index (κ1) is 26.3. The van der Waals surface area contributed by atoms with Gasteiger partial charge in [0.2, 0.25) is 5.88 Å². The Bertz CT molecular complexity index is 1500. The highest BCUT2D eigenvalue weighted by Crippen LogP contribution is 2.34. The van der Waals surface area contributed by atoms with E-state index in [1.54, 1.807) is 47.4 Å². The molecule has 0 saturated carbocycles. The predicted molar refractivity (Wildman–Crippen MR) is 144 cm³/mol. The summed E-state index contributed by atoms with van der Waals surface area (Å²) >= 11 is 5.91. The Balaban J connectivity index is 1.33. The van der Waals surface area contributed by atoms with Crippen LogP contribution >= 0.6 is 11.6 Å². The number of piperidine rings is 1. The van der Waals surface area contributed by atoms with Crippen LogP contribution in [0, 0.1) is 28.9 Å². The molecule has 0 aliphatic carbocycles. The Morgan fingerprint density at radius 1 is 1.00 bits per heavy atom. The minimum atomic E-state index is -0.923. The van der Waals surface area contributed by atoms with Crippen LogP contribution in [0.25, 0.3) is 11.1 Å². The maximum absolute atomic E-state index is 14.2. The zero-order valence-corrected chi connectivity index (χ0v) is 21.6. The van der Waals surface area contributed by atoms with Gasteiger partial charge in [-0.25, -0.2) is 13.8 Å². The zero-order valence-electron chi connectivity index (χ0n) is 20.9. The van der Waals surface area contributed by atoms with Gasteiger partial charge in [-0.3, -0.25) is 4.79 Å². The molecule has 0 radical (unpaired) electrons. The maximum atomic E-state index is 14.2. The number of likely N-dealkylation sites (tertiary alicyclic amines) is 1. The summed E-state index contributed by atoms with van der Waals surface area (Å²) in [7, 11) is 0. The summed E-state index contributed by atoms with van der Waals surface area (Å²) in [6, 6.07) is 23.9. The number of carbonyl (C=O) groups excluding carboxylic acids is 1. The van der Waals surface area contributed by atoms with Crippen LogP contribution in [0.3, 0.4) is 0 Å². The summed E-state index contributed by atoms with van der Waals surface area (Å²) < 4.78 is 33.7. The fourth-order valence-corrected chi connectivity index (χ4v) is 4.98. The number of hydrogen-bond acceptors (Lipinski definition) is 4. The topological polar surface area (TPSA) is 66.2 Å². The summed E-state index contributed by atoms with van der Waals surface area (Å²) in [6.45, 7) is 1.14. The van der Waals surface area contributed by atoms with E-state index in [2.05, 4.69) is 11.1 Å². The van der Waals surface area contributed by atoms with E-state index < -0.39 is 11.6 Å². The second-order valence-electron chi connectivity index (χ2n) is 9.47.